The molecule has 0 spiro atoms. The van der Waals surface area contributed by atoms with Gasteiger partial charge in [0.05, 0.1) is 10.3 Å². The van der Waals surface area contributed by atoms with Crippen LogP contribution < -0.4 is 5.56 Å². The van der Waals surface area contributed by atoms with E-state index in [0.29, 0.717) is 16.5 Å². The van der Waals surface area contributed by atoms with Crippen molar-refractivity contribution in [3.05, 3.63) is 74.1 Å². The molecule has 3 aromatic rings. The van der Waals surface area contributed by atoms with Gasteiger partial charge in [0.2, 0.25) is 0 Å². The number of nitro benzene ring substituents is 1. The fourth-order valence-electron chi connectivity index (χ4n) is 2.37. The zero-order valence-corrected chi connectivity index (χ0v) is 13.1. The molecule has 0 N–H and O–H groups in total. The Morgan fingerprint density at radius 2 is 2.00 bits per heavy atom. The standard InChI is InChI=1S/C16H12N4O5/c1-10-5-4-7-12(14(10)20(23)24)16(22)25-9-19-15(21)11-6-2-3-8-13(11)17-18-19/h2-8H,9H2,1H3. The molecule has 126 valence electrons. The molecule has 9 nitrogen and oxygen atoms in total. The van der Waals surface area contributed by atoms with Crippen LogP contribution in [0.2, 0.25) is 0 Å². The van der Waals surface area contributed by atoms with Crippen LogP contribution in [0, 0.1) is 17.0 Å². The minimum Gasteiger partial charge on any atom is -0.438 e. The topological polar surface area (TPSA) is 117 Å². The molecule has 0 aliphatic heterocycles. The molecule has 0 radical (unpaired) electrons. The predicted molar refractivity (Wildman–Crippen MR) is 87.0 cm³/mol. The van der Waals surface area contributed by atoms with E-state index >= 15 is 0 Å². The Morgan fingerprint density at radius 1 is 1.24 bits per heavy atom. The summed E-state index contributed by atoms with van der Waals surface area (Å²) in [5.41, 5.74) is -0.236. The van der Waals surface area contributed by atoms with Crippen LogP contribution in [0.15, 0.2) is 47.3 Å². The first-order valence-electron chi connectivity index (χ1n) is 7.22. The van der Waals surface area contributed by atoms with Crippen molar-refractivity contribution in [3.8, 4) is 0 Å². The van der Waals surface area contributed by atoms with Crippen LogP contribution >= 0.6 is 0 Å². The summed E-state index contributed by atoms with van der Waals surface area (Å²) >= 11 is 0. The number of nitro groups is 1. The number of para-hydroxylation sites is 1. The number of carbonyl (C=O) groups excluding carboxylic acids is 1. The van der Waals surface area contributed by atoms with Gasteiger partial charge in [-0.05, 0) is 25.1 Å². The number of nitrogens with zero attached hydrogens (tertiary/aromatic N) is 4. The third kappa shape index (κ3) is 3.07. The molecular weight excluding hydrogens is 328 g/mol. The second-order valence-electron chi connectivity index (χ2n) is 5.20. The van der Waals surface area contributed by atoms with E-state index in [4.69, 9.17) is 4.74 Å². The summed E-state index contributed by atoms with van der Waals surface area (Å²) < 4.78 is 5.88. The highest BCUT2D eigenvalue weighted by atomic mass is 16.6. The third-order valence-corrected chi connectivity index (χ3v) is 3.59. The summed E-state index contributed by atoms with van der Waals surface area (Å²) in [6, 6.07) is 10.9. The van der Waals surface area contributed by atoms with Crippen LogP contribution in [-0.2, 0) is 11.5 Å². The van der Waals surface area contributed by atoms with Gasteiger partial charge in [0, 0.05) is 5.56 Å². The maximum Gasteiger partial charge on any atom is 0.346 e. The molecule has 3 rings (SSSR count). The Balaban J connectivity index is 1.87. The Morgan fingerprint density at radius 3 is 2.76 bits per heavy atom. The second-order valence-corrected chi connectivity index (χ2v) is 5.20. The summed E-state index contributed by atoms with van der Waals surface area (Å²) in [4.78, 5) is 34.9. The van der Waals surface area contributed by atoms with Gasteiger partial charge in [-0.2, -0.15) is 4.68 Å². The molecule has 0 saturated carbocycles. The highest BCUT2D eigenvalue weighted by Gasteiger charge is 2.23. The smallest absolute Gasteiger partial charge is 0.346 e. The summed E-state index contributed by atoms with van der Waals surface area (Å²) in [6.07, 6.45) is 0. The molecular formula is C16H12N4O5. The number of rotatable bonds is 4. The molecule has 0 bridgehead atoms. The van der Waals surface area contributed by atoms with Crippen LogP contribution in [0.5, 0.6) is 0 Å². The zero-order valence-electron chi connectivity index (χ0n) is 13.1. The first kappa shape index (κ1) is 16.2. The van der Waals surface area contributed by atoms with Crippen molar-refractivity contribution < 1.29 is 14.5 Å². The molecule has 0 aliphatic rings. The van der Waals surface area contributed by atoms with E-state index in [1.54, 1.807) is 24.3 Å². The highest BCUT2D eigenvalue weighted by Crippen LogP contribution is 2.23. The monoisotopic (exact) mass is 340 g/mol. The average Bonchev–Trinajstić information content (AvgIpc) is 2.60. The molecule has 0 fully saturated rings. The van der Waals surface area contributed by atoms with Crippen molar-refractivity contribution >= 4 is 22.6 Å². The minimum absolute atomic E-state index is 0.188. The Bertz CT molecular complexity index is 1040. The number of esters is 1. The minimum atomic E-state index is -0.919. The molecule has 1 aromatic heterocycles. The van der Waals surface area contributed by atoms with E-state index in [2.05, 4.69) is 10.3 Å². The summed E-state index contributed by atoms with van der Waals surface area (Å²) in [5.74, 6) is -0.919. The number of aromatic nitrogens is 3. The quantitative estimate of drug-likeness (QED) is 0.404. The highest BCUT2D eigenvalue weighted by molar-refractivity contribution is 5.94. The first-order valence-corrected chi connectivity index (χ1v) is 7.22. The normalized spacial score (nSPS) is 10.6. The van der Waals surface area contributed by atoms with Crippen molar-refractivity contribution in [2.45, 2.75) is 13.7 Å². The van der Waals surface area contributed by atoms with Gasteiger partial charge in [0.25, 0.3) is 11.2 Å². The third-order valence-electron chi connectivity index (χ3n) is 3.59. The summed E-state index contributed by atoms with van der Waals surface area (Å²) in [5, 5.41) is 19.0. The predicted octanol–water partition coefficient (Wildman–Crippen LogP) is 1.82. The van der Waals surface area contributed by atoms with Crippen LogP contribution in [0.25, 0.3) is 10.9 Å². The van der Waals surface area contributed by atoms with Crippen LogP contribution in [0.3, 0.4) is 0 Å². The summed E-state index contributed by atoms with van der Waals surface area (Å²) in [7, 11) is 0. The van der Waals surface area contributed by atoms with E-state index in [1.165, 1.54) is 25.1 Å². The Kier molecular flexibility index (Phi) is 4.21. The van der Waals surface area contributed by atoms with Crippen molar-refractivity contribution in [2.75, 3.05) is 0 Å². The lowest BCUT2D eigenvalue weighted by molar-refractivity contribution is -0.385. The Labute approximate surface area is 140 Å². The fourth-order valence-corrected chi connectivity index (χ4v) is 2.37. The van der Waals surface area contributed by atoms with Crippen molar-refractivity contribution in [1.29, 1.82) is 0 Å². The second kappa shape index (κ2) is 6.48. The van der Waals surface area contributed by atoms with Crippen molar-refractivity contribution in [2.24, 2.45) is 0 Å². The largest absolute Gasteiger partial charge is 0.438 e. The number of benzene rings is 2. The lowest BCUT2D eigenvalue weighted by Gasteiger charge is -2.07. The van der Waals surface area contributed by atoms with Gasteiger partial charge in [-0.1, -0.05) is 29.5 Å². The van der Waals surface area contributed by atoms with Crippen LogP contribution in [0.4, 0.5) is 5.69 Å². The lowest BCUT2D eigenvalue weighted by atomic mass is 10.1. The Hall–Kier alpha value is -3.62. The van der Waals surface area contributed by atoms with E-state index in [-0.39, 0.29) is 11.3 Å². The number of ether oxygens (including phenoxy) is 1. The molecule has 0 unspecified atom stereocenters. The van der Waals surface area contributed by atoms with Gasteiger partial charge in [-0.25, -0.2) is 4.79 Å². The molecule has 0 atom stereocenters. The first-order chi connectivity index (χ1) is 12.0. The molecule has 9 heteroatoms. The van der Waals surface area contributed by atoms with E-state index < -0.39 is 23.2 Å². The van der Waals surface area contributed by atoms with Crippen LogP contribution in [0.1, 0.15) is 15.9 Å². The van der Waals surface area contributed by atoms with Gasteiger partial charge >= 0.3 is 5.97 Å². The molecule has 2 aromatic carbocycles. The van der Waals surface area contributed by atoms with Crippen molar-refractivity contribution in [1.82, 2.24) is 15.0 Å². The zero-order chi connectivity index (χ0) is 18.0. The molecule has 1 heterocycles. The maximum atomic E-state index is 12.3. The molecule has 0 amide bonds. The van der Waals surface area contributed by atoms with E-state index in [1.807, 2.05) is 0 Å². The maximum absolute atomic E-state index is 12.3. The lowest BCUT2D eigenvalue weighted by Crippen LogP contribution is -2.26. The van der Waals surface area contributed by atoms with Gasteiger partial charge in [0.1, 0.15) is 11.1 Å². The number of hydrogen-bond donors (Lipinski definition) is 0. The van der Waals surface area contributed by atoms with Crippen molar-refractivity contribution in [3.63, 3.8) is 0 Å². The fraction of sp³-hybridized carbons (Fsp3) is 0.125. The number of hydrogen-bond acceptors (Lipinski definition) is 7. The average molecular weight is 340 g/mol. The molecule has 25 heavy (non-hydrogen) atoms. The number of fused-ring (bicyclic) bond motifs is 1. The summed E-state index contributed by atoms with van der Waals surface area (Å²) in [6.45, 7) is 1.02. The van der Waals surface area contributed by atoms with E-state index in [0.717, 1.165) is 4.68 Å². The molecule has 0 saturated heterocycles. The van der Waals surface area contributed by atoms with Crippen LogP contribution in [-0.4, -0.2) is 25.9 Å². The SMILES string of the molecule is Cc1cccc(C(=O)OCn2nnc3ccccc3c2=O)c1[N+](=O)[O-]. The van der Waals surface area contributed by atoms with Gasteiger partial charge in [-0.3, -0.25) is 14.9 Å². The number of carbonyl (C=O) groups is 1. The number of aryl methyl sites for hydroxylation is 1. The van der Waals surface area contributed by atoms with E-state index in [9.17, 15) is 19.7 Å². The van der Waals surface area contributed by atoms with Gasteiger partial charge in [0.15, 0.2) is 6.73 Å². The van der Waals surface area contributed by atoms with Gasteiger partial charge in [-0.15, -0.1) is 5.10 Å². The molecule has 0 aliphatic carbocycles. The van der Waals surface area contributed by atoms with Gasteiger partial charge < -0.3 is 4.74 Å².